The summed E-state index contributed by atoms with van der Waals surface area (Å²) in [5, 5.41) is 30.8. The predicted octanol–water partition coefficient (Wildman–Crippen LogP) is 16.9. The number of hydrogen-bond acceptors (Lipinski definition) is 1. The third-order valence-electron chi connectivity index (χ3n) is 31.8. The third kappa shape index (κ3) is 1.74. The van der Waals surface area contributed by atoms with Crippen LogP contribution in [0.5, 0.6) is 0 Å². The van der Waals surface area contributed by atoms with E-state index >= 15 is 0 Å². The van der Waals surface area contributed by atoms with E-state index in [0.717, 1.165) is 0 Å². The highest BCUT2D eigenvalue weighted by molar-refractivity contribution is 8.00. The van der Waals surface area contributed by atoms with Crippen LogP contribution in [0.3, 0.4) is 0 Å². The normalized spacial score (nSPS) is 46.4. The van der Waals surface area contributed by atoms with Crippen LogP contribution < -0.4 is 0 Å². The highest BCUT2D eigenvalue weighted by Gasteiger charge is 2.90. The van der Waals surface area contributed by atoms with Crippen LogP contribution in [0, 0.1) is 11.8 Å². The summed E-state index contributed by atoms with van der Waals surface area (Å²) in [7, 11) is 0. The molecule has 0 bridgehead atoms. The average Bonchev–Trinajstić information content (AvgIpc) is 2.33. The van der Waals surface area contributed by atoms with Gasteiger partial charge in [-0.15, -0.1) is 11.8 Å². The fraction of sp³-hybridized carbons (Fsp3) is 0.397. The molecule has 22 atom stereocenters. The second-order valence-electron chi connectivity index (χ2n) is 32.4. The first kappa shape index (κ1) is 31.0. The molecular formula is C73H38S. The molecule has 22 aliphatic carbocycles. The van der Waals surface area contributed by atoms with E-state index < -0.39 is 0 Å². The van der Waals surface area contributed by atoms with E-state index in [-0.39, 0.29) is 15.6 Å². The molecule has 22 unspecified atom stereocenters. The molecule has 336 valence electrons. The molecule has 0 nitrogen and oxygen atoms in total. The summed E-state index contributed by atoms with van der Waals surface area (Å²) in [5.74, 6) is 13.7. The molecule has 1 heteroatoms. The van der Waals surface area contributed by atoms with E-state index in [2.05, 4.69) is 69.6 Å². The average molecular weight is 947 g/mol. The molecular weight excluding hydrogens is 909 g/mol. The Morgan fingerprint density at radius 3 is 1.08 bits per heavy atom. The predicted molar refractivity (Wildman–Crippen MR) is 289 cm³/mol. The van der Waals surface area contributed by atoms with Crippen LogP contribution in [0.4, 0.5) is 0 Å². The molecule has 11 aromatic rings. The van der Waals surface area contributed by atoms with Crippen molar-refractivity contribution in [3.63, 3.8) is 0 Å². The Balaban J connectivity index is 0.989. The summed E-state index contributed by atoms with van der Waals surface area (Å²) in [6, 6.07) is 5.73. The lowest BCUT2D eigenvalue weighted by Crippen LogP contribution is -2.62. The molecule has 74 heavy (non-hydrogen) atoms. The van der Waals surface area contributed by atoms with Crippen LogP contribution in [0.15, 0.2) is 17.0 Å². The second-order valence-corrected chi connectivity index (χ2v) is 33.7. The summed E-state index contributed by atoms with van der Waals surface area (Å²) >= 11 is 2.64. The Morgan fingerprint density at radius 1 is 0.351 bits per heavy atom. The summed E-state index contributed by atoms with van der Waals surface area (Å²) in [5.41, 5.74) is 50.0. The van der Waals surface area contributed by atoms with Gasteiger partial charge in [0.25, 0.3) is 0 Å². The molecule has 0 radical (unpaired) electrons. The number of benzene rings is 10. The zero-order valence-electron chi connectivity index (χ0n) is 41.2. The largest absolute Gasteiger partial charge is 0.112 e. The monoisotopic (exact) mass is 946 g/mol. The van der Waals surface area contributed by atoms with Crippen LogP contribution in [-0.2, 0) is 15.6 Å². The van der Waals surface area contributed by atoms with Crippen LogP contribution in [-0.4, -0.2) is 0 Å². The topological polar surface area (TPSA) is 0 Å². The van der Waals surface area contributed by atoms with Crippen molar-refractivity contribution in [3.05, 3.63) is 140 Å². The van der Waals surface area contributed by atoms with E-state index in [1.54, 1.807) is 11.1 Å². The number of hydrogen-bond donors (Lipinski definition) is 0. The van der Waals surface area contributed by atoms with Crippen molar-refractivity contribution >= 4 is 97.9 Å². The number of thioether (sulfide) groups is 1. The van der Waals surface area contributed by atoms with Crippen molar-refractivity contribution in [2.24, 2.45) is 11.8 Å². The third-order valence-corrected chi connectivity index (χ3v) is 33.6. The smallest absolute Gasteiger partial charge is 0.0645 e. The number of fused-ring (bicyclic) bond motifs is 1. The van der Waals surface area contributed by atoms with Gasteiger partial charge in [-0.05, 0) is 355 Å². The van der Waals surface area contributed by atoms with Gasteiger partial charge in [-0.2, -0.15) is 0 Å². The lowest BCUT2D eigenvalue weighted by molar-refractivity contribution is 0.0341. The molecule has 11 aromatic carbocycles. The first-order valence-electron chi connectivity index (χ1n) is 30.5. The van der Waals surface area contributed by atoms with Gasteiger partial charge in [0.1, 0.15) is 0 Å². The molecule has 1 aliphatic heterocycles. The van der Waals surface area contributed by atoms with Gasteiger partial charge in [0.05, 0.1) is 4.75 Å². The fourth-order valence-corrected chi connectivity index (χ4v) is 35.5. The van der Waals surface area contributed by atoms with Crippen molar-refractivity contribution < 1.29 is 0 Å². The van der Waals surface area contributed by atoms with Gasteiger partial charge in [0.2, 0.25) is 0 Å². The second kappa shape index (κ2) is 7.17. The Morgan fingerprint density at radius 2 is 0.662 bits per heavy atom. The molecule has 0 aromatic heterocycles. The Kier molecular flexibility index (Phi) is 3.00. The summed E-state index contributed by atoms with van der Waals surface area (Å²) in [4.78, 5) is 1.81. The lowest BCUT2D eigenvalue weighted by Gasteiger charge is -2.65. The zero-order valence-corrected chi connectivity index (χ0v) is 42.0. The molecule has 1 heterocycles. The maximum atomic E-state index is 2.94. The summed E-state index contributed by atoms with van der Waals surface area (Å²) in [6.45, 7) is 12.9. The van der Waals surface area contributed by atoms with Crippen molar-refractivity contribution in [2.45, 2.75) is 168 Å². The van der Waals surface area contributed by atoms with E-state index in [1.807, 2.05) is 208 Å². The highest BCUT2D eigenvalue weighted by Crippen LogP contribution is 3.01. The van der Waals surface area contributed by atoms with Crippen LogP contribution in [0.2, 0.25) is 0 Å². The minimum atomic E-state index is 0.000595. The first-order chi connectivity index (χ1) is 36.4. The van der Waals surface area contributed by atoms with E-state index in [1.165, 1.54) is 0 Å². The van der Waals surface area contributed by atoms with Gasteiger partial charge in [-0.3, -0.25) is 0 Å². The molecule has 0 saturated heterocycles. The maximum absolute atomic E-state index is 2.94. The molecule has 2 spiro atoms. The van der Waals surface area contributed by atoms with E-state index in [0.29, 0.717) is 124 Å². The Bertz CT molecular complexity index is 5650. The zero-order chi connectivity index (χ0) is 45.0. The van der Waals surface area contributed by atoms with Crippen LogP contribution in [0.1, 0.15) is 275 Å². The van der Waals surface area contributed by atoms with Crippen LogP contribution in [0.25, 0.3) is 97.3 Å². The van der Waals surface area contributed by atoms with Gasteiger partial charge in [-0.25, -0.2) is 0 Å². The summed E-state index contributed by atoms with van der Waals surface area (Å²) in [6.07, 6.45) is 0. The molecule has 0 amide bonds. The van der Waals surface area contributed by atoms with Gasteiger partial charge < -0.3 is 0 Å². The van der Waals surface area contributed by atoms with Gasteiger partial charge in [0, 0.05) is 10.3 Å². The minimum Gasteiger partial charge on any atom is -0.112 e. The van der Waals surface area contributed by atoms with E-state index in [9.17, 15) is 0 Å². The van der Waals surface area contributed by atoms with Crippen LogP contribution >= 0.6 is 11.8 Å². The van der Waals surface area contributed by atoms with E-state index in [4.69, 9.17) is 0 Å². The SMILES string of the molecule is CC(C)c1c(C(C)(C)C)ccc2c1SC13c4c5c6c7c8c9c%10c%11c%12c%13c%14c%15c(c%16c%13c%10c7c4-%16)C21C1C%15C2c4c7c%10c%13c%15c%16c%17c%18c%19c%20c%21c%22c%23c(c4c4c%22c%19c%16c%104)C2C%14C%12C%23C%21C%11C9C%20C%18C8C6C%17C%15C5C3C%13C71. The number of rotatable bonds is 1. The van der Waals surface area contributed by atoms with Gasteiger partial charge in [0.15, 0.2) is 0 Å². The summed E-state index contributed by atoms with van der Waals surface area (Å²) < 4.78 is 0.0308. The Labute approximate surface area is 426 Å². The Hall–Kier alpha value is -5.37. The fourth-order valence-electron chi connectivity index (χ4n) is 33.1. The van der Waals surface area contributed by atoms with Crippen molar-refractivity contribution in [2.75, 3.05) is 0 Å². The van der Waals surface area contributed by atoms with Gasteiger partial charge >= 0.3 is 0 Å². The van der Waals surface area contributed by atoms with Gasteiger partial charge in [-0.1, -0.05) is 46.8 Å². The lowest BCUT2D eigenvalue weighted by atomic mass is 9.39. The standard InChI is InChI=1S/C73H38S/c1-8(2)11-9(71(3,4)5)6-7-10-70(11)74-73-68-62-56-46-34-26-18-14-12-13-16-20(18)28(34)38-32-24(16)25-17(13)21-19-15(12)23-22(14)30-36(26)44-50-40(30)41-31(23)37-27(19)35-29(21)39-33(25)43-42(32)54(48(38)56)64(68)65-55(43)49(39)57-47(35)53-45(37)51(41)59-58(50)66(60(62)52(44)46)72(10,73)67(59)61(53)63(57)69(65)73/h6-8,14,16,18,20,22,24,30,32,40-43,51,55,59,61,63,65,67,69H,1-5H3. The van der Waals surface area contributed by atoms with Crippen molar-refractivity contribution in [3.8, 4) is 11.1 Å². The first-order valence-corrected chi connectivity index (χ1v) is 31.3. The highest BCUT2D eigenvalue weighted by atomic mass is 32.2. The quantitative estimate of drug-likeness (QED) is 0.148. The molecule has 23 aliphatic rings. The maximum Gasteiger partial charge on any atom is 0.0645 e. The molecule has 1 fully saturated rings. The van der Waals surface area contributed by atoms with Crippen molar-refractivity contribution in [1.82, 2.24) is 0 Å². The minimum absolute atomic E-state index is 0.000595. The molecule has 0 N–H and O–H groups in total. The van der Waals surface area contributed by atoms with Crippen molar-refractivity contribution in [1.29, 1.82) is 0 Å². The molecule has 1 saturated carbocycles. The molecule has 34 rings (SSSR count).